The number of nitrogens with one attached hydrogen (secondary N) is 1. The number of hydrogen-bond donors (Lipinski definition) is 1. The first-order chi connectivity index (χ1) is 13.3. The average Bonchev–Trinajstić information content (AvgIpc) is 2.71. The third kappa shape index (κ3) is 4.39. The highest BCUT2D eigenvalue weighted by atomic mass is 19.1. The van der Waals surface area contributed by atoms with E-state index in [-0.39, 0.29) is 5.82 Å². The van der Waals surface area contributed by atoms with Gasteiger partial charge in [-0.05, 0) is 42.9 Å². The van der Waals surface area contributed by atoms with Gasteiger partial charge >= 0.3 is 0 Å². The maximum Gasteiger partial charge on any atom is 0.249 e. The van der Waals surface area contributed by atoms with Crippen molar-refractivity contribution >= 4 is 17.5 Å². The zero-order chi connectivity index (χ0) is 18.5. The Morgan fingerprint density at radius 2 is 1.74 bits per heavy atom. The lowest BCUT2D eigenvalue weighted by atomic mass is 9.90. The molecular formula is C21H22FN5. The molecule has 0 aliphatic carbocycles. The molecule has 0 atom stereocenters. The van der Waals surface area contributed by atoms with Crippen molar-refractivity contribution in [2.45, 2.75) is 19.3 Å². The molecule has 1 fully saturated rings. The van der Waals surface area contributed by atoms with Crippen molar-refractivity contribution in [1.29, 1.82) is 0 Å². The van der Waals surface area contributed by atoms with Gasteiger partial charge in [-0.1, -0.05) is 42.5 Å². The van der Waals surface area contributed by atoms with Crippen LogP contribution >= 0.6 is 0 Å². The summed E-state index contributed by atoms with van der Waals surface area (Å²) in [5.74, 6) is 1.44. The summed E-state index contributed by atoms with van der Waals surface area (Å²) in [6.07, 6.45) is 5.03. The van der Waals surface area contributed by atoms with Crippen LogP contribution in [0.5, 0.6) is 0 Å². The van der Waals surface area contributed by atoms with Crippen molar-refractivity contribution in [2.24, 2.45) is 5.92 Å². The van der Waals surface area contributed by atoms with Crippen molar-refractivity contribution in [3.8, 4) is 0 Å². The number of rotatable bonds is 5. The molecule has 1 aliphatic rings. The Kier molecular flexibility index (Phi) is 5.23. The fourth-order valence-electron chi connectivity index (χ4n) is 3.50. The number of anilines is 3. The van der Waals surface area contributed by atoms with Crippen LogP contribution < -0.4 is 10.2 Å². The van der Waals surface area contributed by atoms with E-state index in [1.54, 1.807) is 24.4 Å². The monoisotopic (exact) mass is 363 g/mol. The minimum atomic E-state index is -0.340. The Morgan fingerprint density at radius 1 is 1.00 bits per heavy atom. The van der Waals surface area contributed by atoms with Gasteiger partial charge in [0.05, 0.1) is 11.9 Å². The number of piperidine rings is 1. The van der Waals surface area contributed by atoms with Crippen LogP contribution in [0.1, 0.15) is 18.4 Å². The zero-order valence-electron chi connectivity index (χ0n) is 15.1. The summed E-state index contributed by atoms with van der Waals surface area (Å²) >= 11 is 0. The Morgan fingerprint density at radius 3 is 2.52 bits per heavy atom. The number of hydrogen-bond acceptors (Lipinski definition) is 5. The number of nitrogens with zero attached hydrogens (tertiary/aromatic N) is 4. The summed E-state index contributed by atoms with van der Waals surface area (Å²) in [7, 11) is 0. The SMILES string of the molecule is Fc1ccccc1Nc1nncc(N2CCC(Cc3ccccc3)CC2)n1. The van der Waals surface area contributed by atoms with Gasteiger partial charge in [0, 0.05) is 13.1 Å². The van der Waals surface area contributed by atoms with E-state index in [0.717, 1.165) is 38.2 Å². The summed E-state index contributed by atoms with van der Waals surface area (Å²) < 4.78 is 13.8. The summed E-state index contributed by atoms with van der Waals surface area (Å²) in [6.45, 7) is 1.88. The van der Waals surface area contributed by atoms with Gasteiger partial charge in [-0.25, -0.2) is 4.39 Å². The first-order valence-corrected chi connectivity index (χ1v) is 9.28. The Balaban J connectivity index is 1.38. The third-order valence-corrected chi connectivity index (χ3v) is 4.97. The number of halogens is 1. The van der Waals surface area contributed by atoms with Gasteiger partial charge in [-0.15, -0.1) is 5.10 Å². The van der Waals surface area contributed by atoms with Crippen LogP contribution in [0.15, 0.2) is 60.8 Å². The van der Waals surface area contributed by atoms with Crippen molar-refractivity contribution in [3.05, 3.63) is 72.2 Å². The van der Waals surface area contributed by atoms with E-state index >= 15 is 0 Å². The van der Waals surface area contributed by atoms with Crippen molar-refractivity contribution in [1.82, 2.24) is 15.2 Å². The molecule has 27 heavy (non-hydrogen) atoms. The molecule has 3 aromatic rings. The molecule has 0 amide bonds. The highest BCUT2D eigenvalue weighted by molar-refractivity contribution is 5.55. The zero-order valence-corrected chi connectivity index (χ0v) is 15.1. The van der Waals surface area contributed by atoms with Crippen molar-refractivity contribution in [2.75, 3.05) is 23.3 Å². The normalized spacial score (nSPS) is 14.9. The van der Waals surface area contributed by atoms with Crippen LogP contribution in [0.25, 0.3) is 0 Å². The number of benzene rings is 2. The van der Waals surface area contributed by atoms with Gasteiger partial charge < -0.3 is 10.2 Å². The van der Waals surface area contributed by atoms with Crippen molar-refractivity contribution < 1.29 is 4.39 Å². The molecule has 0 radical (unpaired) electrons. The fraction of sp³-hybridized carbons (Fsp3) is 0.286. The summed E-state index contributed by atoms with van der Waals surface area (Å²) in [4.78, 5) is 6.74. The molecule has 0 bridgehead atoms. The average molecular weight is 363 g/mol. The minimum Gasteiger partial charge on any atom is -0.355 e. The highest BCUT2D eigenvalue weighted by Crippen LogP contribution is 2.25. The number of para-hydroxylation sites is 1. The predicted molar refractivity (Wildman–Crippen MR) is 105 cm³/mol. The second-order valence-corrected chi connectivity index (χ2v) is 6.86. The van der Waals surface area contributed by atoms with Crippen LogP contribution in [0.2, 0.25) is 0 Å². The van der Waals surface area contributed by atoms with Crippen LogP contribution in [0.4, 0.5) is 21.8 Å². The standard InChI is InChI=1S/C21H22FN5/c22-18-8-4-5-9-19(18)24-21-25-20(15-23-26-21)27-12-10-17(11-13-27)14-16-6-2-1-3-7-16/h1-9,15,17H,10-14H2,(H,24,25,26). The topological polar surface area (TPSA) is 53.9 Å². The van der Waals surface area contributed by atoms with E-state index in [1.807, 2.05) is 0 Å². The van der Waals surface area contributed by atoms with Crippen LogP contribution in [-0.2, 0) is 6.42 Å². The molecule has 1 aliphatic heterocycles. The molecular weight excluding hydrogens is 341 g/mol. The largest absolute Gasteiger partial charge is 0.355 e. The lowest BCUT2D eigenvalue weighted by Crippen LogP contribution is -2.35. The van der Waals surface area contributed by atoms with Crippen LogP contribution in [0, 0.1) is 11.7 Å². The Bertz CT molecular complexity index is 879. The third-order valence-electron chi connectivity index (χ3n) is 4.97. The Labute approximate surface area is 158 Å². The molecule has 138 valence electrons. The molecule has 5 nitrogen and oxygen atoms in total. The molecule has 1 saturated heterocycles. The highest BCUT2D eigenvalue weighted by Gasteiger charge is 2.21. The van der Waals surface area contributed by atoms with Crippen LogP contribution in [0.3, 0.4) is 0 Å². The minimum absolute atomic E-state index is 0.309. The van der Waals surface area contributed by atoms with Gasteiger partial charge in [0.2, 0.25) is 5.95 Å². The van der Waals surface area contributed by atoms with Gasteiger partial charge in [0.25, 0.3) is 0 Å². The quantitative estimate of drug-likeness (QED) is 0.736. The molecule has 1 aromatic heterocycles. The molecule has 0 unspecified atom stereocenters. The van der Waals surface area contributed by atoms with E-state index in [9.17, 15) is 4.39 Å². The van der Waals surface area contributed by atoms with Crippen LogP contribution in [-0.4, -0.2) is 28.3 Å². The van der Waals surface area contributed by atoms with Gasteiger partial charge in [-0.3, -0.25) is 0 Å². The second-order valence-electron chi connectivity index (χ2n) is 6.86. The van der Waals surface area contributed by atoms with E-state index < -0.39 is 0 Å². The number of aromatic nitrogens is 3. The Hall–Kier alpha value is -3.02. The molecule has 2 heterocycles. The lowest BCUT2D eigenvalue weighted by Gasteiger charge is -2.32. The van der Waals surface area contributed by atoms with E-state index in [2.05, 4.69) is 55.7 Å². The maximum absolute atomic E-state index is 13.8. The molecule has 0 spiro atoms. The summed E-state index contributed by atoms with van der Waals surface area (Å²) in [5.41, 5.74) is 1.74. The molecule has 4 rings (SSSR count). The molecule has 6 heteroatoms. The van der Waals surface area contributed by atoms with E-state index in [4.69, 9.17) is 0 Å². The van der Waals surface area contributed by atoms with Crippen molar-refractivity contribution in [3.63, 3.8) is 0 Å². The van der Waals surface area contributed by atoms with E-state index in [0.29, 0.717) is 17.6 Å². The molecule has 2 aromatic carbocycles. The van der Waals surface area contributed by atoms with E-state index in [1.165, 1.54) is 11.6 Å². The lowest BCUT2D eigenvalue weighted by molar-refractivity contribution is 0.402. The fourth-order valence-corrected chi connectivity index (χ4v) is 3.50. The van der Waals surface area contributed by atoms with Gasteiger partial charge in [0.15, 0.2) is 5.82 Å². The maximum atomic E-state index is 13.8. The summed E-state index contributed by atoms with van der Waals surface area (Å²) in [5, 5.41) is 10.9. The van der Waals surface area contributed by atoms with Gasteiger partial charge in [-0.2, -0.15) is 10.1 Å². The second kappa shape index (κ2) is 8.12. The molecule has 1 N–H and O–H groups in total. The van der Waals surface area contributed by atoms with Gasteiger partial charge in [0.1, 0.15) is 5.82 Å². The molecule has 0 saturated carbocycles. The first-order valence-electron chi connectivity index (χ1n) is 9.28. The predicted octanol–water partition coefficient (Wildman–Crippen LogP) is 4.21. The summed E-state index contributed by atoms with van der Waals surface area (Å²) in [6, 6.07) is 17.1. The smallest absolute Gasteiger partial charge is 0.249 e. The first kappa shape index (κ1) is 17.4.